The lowest BCUT2D eigenvalue weighted by molar-refractivity contribution is 0.628. The highest BCUT2D eigenvalue weighted by atomic mass is 19.1. The summed E-state index contributed by atoms with van der Waals surface area (Å²) in [6.45, 7) is 0. The van der Waals surface area contributed by atoms with Crippen molar-refractivity contribution in [3.05, 3.63) is 145 Å². The molecule has 1 aromatic heterocycles. The highest BCUT2D eigenvalue weighted by molar-refractivity contribution is 6.22. The zero-order valence-corrected chi connectivity index (χ0v) is 21.6. The average molecular weight is 515 g/mol. The molecule has 1 nitrogen and oxygen atoms in total. The van der Waals surface area contributed by atoms with Crippen molar-refractivity contribution >= 4 is 43.5 Å². The van der Waals surface area contributed by atoms with E-state index in [1.165, 1.54) is 44.3 Å². The molecule has 0 radical (unpaired) electrons. The maximum Gasteiger partial charge on any atom is 0.136 e. The molecule has 1 heterocycles. The Morgan fingerprint density at radius 2 is 0.925 bits per heavy atom. The van der Waals surface area contributed by atoms with Crippen LogP contribution in [-0.2, 0) is 0 Å². The summed E-state index contributed by atoms with van der Waals surface area (Å²) in [5, 5.41) is 7.03. The topological polar surface area (TPSA) is 13.1 Å². The lowest BCUT2D eigenvalue weighted by Gasteiger charge is -2.17. The van der Waals surface area contributed by atoms with E-state index in [1.807, 2.05) is 18.2 Å². The SMILES string of the molecule is Fc1cccc(-c2ccc3c(c2)oc2ccc(-c4c5ccccc5c(-c5ccccc5)c5ccccc45)cc23)c1. The third-order valence-corrected chi connectivity index (χ3v) is 7.91. The smallest absolute Gasteiger partial charge is 0.136 e. The summed E-state index contributed by atoms with van der Waals surface area (Å²) in [5.74, 6) is -0.246. The van der Waals surface area contributed by atoms with Gasteiger partial charge in [-0.3, -0.25) is 0 Å². The van der Waals surface area contributed by atoms with E-state index in [0.717, 1.165) is 38.6 Å². The first kappa shape index (κ1) is 22.7. The second kappa shape index (κ2) is 8.93. The summed E-state index contributed by atoms with van der Waals surface area (Å²) in [6, 6.07) is 47.3. The highest BCUT2D eigenvalue weighted by Crippen LogP contribution is 2.44. The van der Waals surface area contributed by atoms with Crippen LogP contribution >= 0.6 is 0 Å². The molecule has 0 atom stereocenters. The summed E-state index contributed by atoms with van der Waals surface area (Å²) in [6.07, 6.45) is 0. The van der Waals surface area contributed by atoms with Gasteiger partial charge in [-0.05, 0) is 91.3 Å². The second-order valence-electron chi connectivity index (χ2n) is 10.2. The largest absolute Gasteiger partial charge is 0.456 e. The fourth-order valence-electron chi connectivity index (χ4n) is 6.14. The minimum absolute atomic E-state index is 0.246. The minimum Gasteiger partial charge on any atom is -0.456 e. The summed E-state index contributed by atoms with van der Waals surface area (Å²) < 4.78 is 20.2. The van der Waals surface area contributed by atoms with Crippen LogP contribution < -0.4 is 0 Å². The van der Waals surface area contributed by atoms with Crippen molar-refractivity contribution in [3.8, 4) is 33.4 Å². The Balaban J connectivity index is 1.38. The molecule has 0 saturated carbocycles. The van der Waals surface area contributed by atoms with Crippen molar-refractivity contribution in [2.24, 2.45) is 0 Å². The van der Waals surface area contributed by atoms with Gasteiger partial charge in [0.2, 0.25) is 0 Å². The quantitative estimate of drug-likeness (QED) is 0.214. The Labute approximate surface area is 230 Å². The van der Waals surface area contributed by atoms with Gasteiger partial charge < -0.3 is 4.42 Å². The lowest BCUT2D eigenvalue weighted by Crippen LogP contribution is -1.90. The zero-order chi connectivity index (χ0) is 26.6. The van der Waals surface area contributed by atoms with Gasteiger partial charge >= 0.3 is 0 Å². The maximum absolute atomic E-state index is 13.9. The van der Waals surface area contributed by atoms with Gasteiger partial charge in [-0.1, -0.05) is 103 Å². The fraction of sp³-hybridized carbons (Fsp3) is 0. The summed E-state index contributed by atoms with van der Waals surface area (Å²) in [7, 11) is 0. The van der Waals surface area contributed by atoms with Crippen LogP contribution in [0.4, 0.5) is 4.39 Å². The van der Waals surface area contributed by atoms with Crippen molar-refractivity contribution in [1.29, 1.82) is 0 Å². The van der Waals surface area contributed by atoms with Crippen LogP contribution in [0.25, 0.3) is 76.9 Å². The van der Waals surface area contributed by atoms with Gasteiger partial charge in [0.15, 0.2) is 0 Å². The molecule has 188 valence electrons. The second-order valence-corrected chi connectivity index (χ2v) is 10.2. The Kier molecular flexibility index (Phi) is 5.08. The molecular formula is C38H23FO. The van der Waals surface area contributed by atoms with Crippen molar-refractivity contribution < 1.29 is 8.81 Å². The van der Waals surface area contributed by atoms with E-state index >= 15 is 0 Å². The molecule has 0 spiro atoms. The van der Waals surface area contributed by atoms with Gasteiger partial charge in [-0.25, -0.2) is 4.39 Å². The van der Waals surface area contributed by atoms with Gasteiger partial charge in [0.1, 0.15) is 17.0 Å². The molecule has 8 aromatic rings. The summed E-state index contributed by atoms with van der Waals surface area (Å²) >= 11 is 0. The molecule has 0 aliphatic carbocycles. The van der Waals surface area contributed by atoms with Crippen molar-refractivity contribution in [2.45, 2.75) is 0 Å². The van der Waals surface area contributed by atoms with E-state index < -0.39 is 0 Å². The van der Waals surface area contributed by atoms with Crippen LogP contribution in [0.5, 0.6) is 0 Å². The Bertz CT molecular complexity index is 2170. The Hall–Kier alpha value is -5.21. The van der Waals surface area contributed by atoms with Gasteiger partial charge in [0, 0.05) is 10.8 Å². The Morgan fingerprint density at radius 1 is 0.350 bits per heavy atom. The van der Waals surface area contributed by atoms with Gasteiger partial charge in [0.25, 0.3) is 0 Å². The number of hydrogen-bond acceptors (Lipinski definition) is 1. The summed E-state index contributed by atoms with van der Waals surface area (Å²) in [4.78, 5) is 0. The molecule has 0 fully saturated rings. The predicted octanol–water partition coefficient (Wildman–Crippen LogP) is 11.0. The van der Waals surface area contributed by atoms with Crippen LogP contribution in [0.3, 0.4) is 0 Å². The van der Waals surface area contributed by atoms with E-state index in [9.17, 15) is 4.39 Å². The molecule has 2 heteroatoms. The van der Waals surface area contributed by atoms with Crippen LogP contribution in [0.15, 0.2) is 144 Å². The van der Waals surface area contributed by atoms with Crippen LogP contribution in [0.2, 0.25) is 0 Å². The fourth-order valence-corrected chi connectivity index (χ4v) is 6.14. The normalized spacial score (nSPS) is 11.6. The van der Waals surface area contributed by atoms with E-state index in [-0.39, 0.29) is 5.82 Å². The molecule has 7 aromatic carbocycles. The number of fused-ring (bicyclic) bond motifs is 5. The van der Waals surface area contributed by atoms with Crippen molar-refractivity contribution in [3.63, 3.8) is 0 Å². The van der Waals surface area contributed by atoms with E-state index in [1.54, 1.807) is 12.1 Å². The average Bonchev–Trinajstić information content (AvgIpc) is 3.37. The van der Waals surface area contributed by atoms with Crippen molar-refractivity contribution in [2.75, 3.05) is 0 Å². The maximum atomic E-state index is 13.9. The molecule has 0 saturated heterocycles. The van der Waals surface area contributed by atoms with Crippen LogP contribution in [-0.4, -0.2) is 0 Å². The van der Waals surface area contributed by atoms with E-state index in [0.29, 0.717) is 0 Å². The van der Waals surface area contributed by atoms with Crippen molar-refractivity contribution in [1.82, 2.24) is 0 Å². The number of benzene rings is 7. The molecule has 0 amide bonds. The number of furan rings is 1. The molecule has 40 heavy (non-hydrogen) atoms. The third-order valence-electron chi connectivity index (χ3n) is 7.91. The first-order chi connectivity index (χ1) is 19.7. The molecule has 8 rings (SSSR count). The standard InChI is InChI=1S/C38H23FO/c39-28-12-8-11-25(21-28)26-17-19-29-34-22-27(18-20-35(34)40-36(29)23-26)38-32-15-6-4-13-30(32)37(24-9-2-1-3-10-24)31-14-5-7-16-33(31)38/h1-23H. The van der Waals surface area contributed by atoms with E-state index in [2.05, 4.69) is 103 Å². The first-order valence-corrected chi connectivity index (χ1v) is 13.5. The monoisotopic (exact) mass is 514 g/mol. The summed E-state index contributed by atoms with van der Waals surface area (Å²) in [5.41, 5.74) is 8.24. The molecule has 0 unspecified atom stereocenters. The van der Waals surface area contributed by atoms with Gasteiger partial charge in [0.05, 0.1) is 0 Å². The highest BCUT2D eigenvalue weighted by Gasteiger charge is 2.17. The van der Waals surface area contributed by atoms with Crippen LogP contribution in [0, 0.1) is 5.82 Å². The van der Waals surface area contributed by atoms with Gasteiger partial charge in [-0.15, -0.1) is 0 Å². The predicted molar refractivity (Wildman–Crippen MR) is 165 cm³/mol. The Morgan fingerprint density at radius 3 is 1.60 bits per heavy atom. The first-order valence-electron chi connectivity index (χ1n) is 13.5. The number of rotatable bonds is 3. The van der Waals surface area contributed by atoms with Crippen LogP contribution in [0.1, 0.15) is 0 Å². The number of hydrogen-bond donors (Lipinski definition) is 0. The lowest BCUT2D eigenvalue weighted by atomic mass is 9.86. The molecular weight excluding hydrogens is 491 g/mol. The van der Waals surface area contributed by atoms with Gasteiger partial charge in [-0.2, -0.15) is 0 Å². The number of halogens is 1. The molecule has 0 aliphatic heterocycles. The molecule has 0 aliphatic rings. The zero-order valence-electron chi connectivity index (χ0n) is 21.6. The van der Waals surface area contributed by atoms with E-state index in [4.69, 9.17) is 4.42 Å². The minimum atomic E-state index is -0.246. The third kappa shape index (κ3) is 3.54. The molecule has 0 N–H and O–H groups in total. The molecule has 0 bridgehead atoms.